The molecule has 0 spiro atoms. The Balaban J connectivity index is 0.000000195. The van der Waals surface area contributed by atoms with Gasteiger partial charge in [-0.05, 0) is 27.6 Å². The van der Waals surface area contributed by atoms with E-state index in [4.69, 9.17) is 0 Å². The van der Waals surface area contributed by atoms with Crippen molar-refractivity contribution in [3.8, 4) is 11.1 Å². The largest absolute Gasteiger partial charge is 0.196 e. The van der Waals surface area contributed by atoms with Crippen molar-refractivity contribution in [2.45, 2.75) is 40.8 Å². The molecule has 0 aliphatic carbocycles. The smallest absolute Gasteiger partial charge is 0.0180 e. The molecule has 6 rings (SSSR count). The average molecular weight is 562 g/mol. The van der Waals surface area contributed by atoms with Crippen molar-refractivity contribution in [2.24, 2.45) is 0 Å². The minimum absolute atomic E-state index is 0.210. The molecule has 36 heavy (non-hydrogen) atoms. The third-order valence-corrected chi connectivity index (χ3v) is 6.90. The molecule has 6 aromatic carbocycles. The third kappa shape index (κ3) is 5.72. The average Bonchev–Trinajstić information content (AvgIpc) is 3.38. The minimum Gasteiger partial charge on any atom is -0.196 e. The zero-order valence-electron chi connectivity index (χ0n) is 22.2. The van der Waals surface area contributed by atoms with Gasteiger partial charge in [-0.25, -0.2) is 0 Å². The van der Waals surface area contributed by atoms with Crippen LogP contribution in [-0.2, 0) is 23.3 Å². The van der Waals surface area contributed by atoms with Crippen LogP contribution in [0.3, 0.4) is 0 Å². The molecule has 178 valence electrons. The minimum atomic E-state index is 0.210. The Morgan fingerprint density at radius 1 is 0.639 bits per heavy atom. The van der Waals surface area contributed by atoms with Crippen LogP contribution in [0.5, 0.6) is 0 Å². The molecule has 0 N–H and O–H groups in total. The summed E-state index contributed by atoms with van der Waals surface area (Å²) in [6.07, 6.45) is 0. The normalized spacial score (nSPS) is 10.7. The first-order chi connectivity index (χ1) is 17.3. The number of hydrogen-bond donors (Lipinski definition) is 0. The zero-order chi connectivity index (χ0) is 25.8. The van der Waals surface area contributed by atoms with Gasteiger partial charge in [-0.3, -0.25) is 0 Å². The maximum Gasteiger partial charge on any atom is -0.0180 e. The second-order valence-electron chi connectivity index (χ2n) is 9.79. The number of hydrogen-bond acceptors (Lipinski definition) is 0. The van der Waals surface area contributed by atoms with Gasteiger partial charge in [0.25, 0.3) is 0 Å². The quantitative estimate of drug-likeness (QED) is 0.106. The van der Waals surface area contributed by atoms with Gasteiger partial charge in [0.1, 0.15) is 0 Å². The van der Waals surface area contributed by atoms with Crippen molar-refractivity contribution >= 4 is 37.8 Å². The van der Waals surface area contributed by atoms with E-state index in [9.17, 15) is 0 Å². The van der Waals surface area contributed by atoms with E-state index in [1.54, 1.807) is 23.3 Å². The molecule has 2 heteroatoms. The molecule has 0 unspecified atom stereocenters. The second-order valence-corrected chi connectivity index (χ2v) is 19.2. The number of fused-ring (bicyclic) bond motifs is 3. The van der Waals surface area contributed by atoms with E-state index in [-0.39, 0.29) is 5.43 Å². The summed E-state index contributed by atoms with van der Waals surface area (Å²) in [5, 5.41) is 7.87. The number of benzene rings is 4. The van der Waals surface area contributed by atoms with Crippen LogP contribution in [0.25, 0.3) is 43.4 Å². The Bertz CT molecular complexity index is 1580. The van der Waals surface area contributed by atoms with Crippen LogP contribution < -0.4 is 0 Å². The van der Waals surface area contributed by atoms with E-state index < -0.39 is 0 Å². The summed E-state index contributed by atoms with van der Waals surface area (Å²) in [5.74, 6) is 0. The predicted octanol–water partition coefficient (Wildman–Crippen LogP) is 9.96. The molecule has 0 saturated carbocycles. The Labute approximate surface area is 231 Å². The monoisotopic (exact) mass is 560 g/mol. The van der Waals surface area contributed by atoms with Gasteiger partial charge >= 0.3 is 41.9 Å². The first-order valence-corrected chi connectivity index (χ1v) is 18.7. The van der Waals surface area contributed by atoms with Crippen molar-refractivity contribution in [3.05, 3.63) is 119 Å². The van der Waals surface area contributed by atoms with Crippen LogP contribution in [0.4, 0.5) is 0 Å². The van der Waals surface area contributed by atoms with Gasteiger partial charge in [-0.1, -0.05) is 87.9 Å². The second kappa shape index (κ2) is 11.7. The maximum absolute atomic E-state index is 2.31. The third-order valence-electron chi connectivity index (χ3n) is 6.90. The fraction of sp³-hybridized carbons (Fsp3) is 0.176. The first-order valence-electron chi connectivity index (χ1n) is 12.5. The summed E-state index contributed by atoms with van der Waals surface area (Å²) in [4.78, 5) is 0. The van der Waals surface area contributed by atoms with E-state index in [2.05, 4.69) is 138 Å². The molecule has 0 fully saturated rings. The Morgan fingerprint density at radius 2 is 1.08 bits per heavy atom. The maximum atomic E-state index is 2.31. The number of rotatable bonds is 1. The van der Waals surface area contributed by atoms with Gasteiger partial charge in [-0.15, -0.1) is 46.7 Å². The van der Waals surface area contributed by atoms with Crippen LogP contribution in [-0.4, -0.2) is 5.43 Å². The van der Waals surface area contributed by atoms with Crippen LogP contribution in [0, 0.1) is 27.7 Å². The fourth-order valence-corrected chi connectivity index (χ4v) is 4.81. The molecule has 0 heterocycles. The molecule has 0 saturated heterocycles. The SMILES string of the molecule is C[Si](C)=[Zr+2].Cc1[cH-]c(C)c(C)c1C.c1ccc2c(-c3c[cH-]c4ccccc34)c3ccccc3cc2c1. The molecule has 0 radical (unpaired) electrons. The van der Waals surface area contributed by atoms with Crippen LogP contribution in [0.1, 0.15) is 22.3 Å². The molecule has 0 amide bonds. The summed E-state index contributed by atoms with van der Waals surface area (Å²) in [6, 6.07) is 35.0. The predicted molar refractivity (Wildman–Crippen MR) is 158 cm³/mol. The van der Waals surface area contributed by atoms with Crippen LogP contribution in [0.2, 0.25) is 13.1 Å². The van der Waals surface area contributed by atoms with E-state index in [0.717, 1.165) is 0 Å². The van der Waals surface area contributed by atoms with Crippen molar-refractivity contribution in [1.29, 1.82) is 0 Å². The summed E-state index contributed by atoms with van der Waals surface area (Å²) >= 11 is 1.74. The molecule has 6 aromatic rings. The van der Waals surface area contributed by atoms with Crippen molar-refractivity contribution in [2.75, 3.05) is 0 Å². The molecule has 0 aromatic heterocycles. The molecule has 0 nitrogen and oxygen atoms in total. The van der Waals surface area contributed by atoms with Crippen LogP contribution >= 0.6 is 0 Å². The van der Waals surface area contributed by atoms with E-state index >= 15 is 0 Å². The molecule has 0 aliphatic rings. The molecular weight excluding hydrogens is 528 g/mol. The van der Waals surface area contributed by atoms with E-state index in [1.165, 1.54) is 65.7 Å². The van der Waals surface area contributed by atoms with Crippen LogP contribution in [0.15, 0.2) is 97.1 Å². The Morgan fingerprint density at radius 3 is 1.56 bits per heavy atom. The molecule has 0 bridgehead atoms. The van der Waals surface area contributed by atoms with Crippen molar-refractivity contribution in [3.63, 3.8) is 0 Å². The van der Waals surface area contributed by atoms with Gasteiger partial charge in [0.15, 0.2) is 0 Å². The van der Waals surface area contributed by atoms with E-state index in [1.807, 2.05) is 0 Å². The molecular formula is C34H34SiZr. The first kappa shape index (κ1) is 26.5. The summed E-state index contributed by atoms with van der Waals surface area (Å²) in [5.41, 5.74) is 8.63. The molecule has 0 aliphatic heterocycles. The van der Waals surface area contributed by atoms with Gasteiger partial charge in [0.2, 0.25) is 0 Å². The standard InChI is InChI=1S/C23H15.C9H13.C2H6Si.Zr/c1-4-10-19-16(7-1)13-14-22(19)23-20-11-5-2-8-17(20)15-18-9-3-6-12-21(18)23;1-6-5-7(2)9(4)8(6)3;1-3-2;/h1-15H;5H,1-4H3;1-2H3;/q2*-1;;+2. The van der Waals surface area contributed by atoms with Crippen molar-refractivity contribution < 1.29 is 23.3 Å². The Hall–Kier alpha value is -2.54. The Kier molecular flexibility index (Phi) is 8.60. The summed E-state index contributed by atoms with van der Waals surface area (Å²) in [6.45, 7) is 13.3. The zero-order valence-corrected chi connectivity index (χ0v) is 25.7. The topological polar surface area (TPSA) is 0 Å². The van der Waals surface area contributed by atoms with Gasteiger partial charge < -0.3 is 0 Å². The van der Waals surface area contributed by atoms with Gasteiger partial charge in [0.05, 0.1) is 0 Å². The van der Waals surface area contributed by atoms with Gasteiger partial charge in [-0.2, -0.15) is 28.3 Å². The van der Waals surface area contributed by atoms with E-state index in [0.29, 0.717) is 0 Å². The van der Waals surface area contributed by atoms with Gasteiger partial charge in [0, 0.05) is 0 Å². The number of aryl methyl sites for hydroxylation is 2. The summed E-state index contributed by atoms with van der Waals surface area (Å²) < 4.78 is 0. The van der Waals surface area contributed by atoms with Crippen molar-refractivity contribution in [1.82, 2.24) is 0 Å². The summed E-state index contributed by atoms with van der Waals surface area (Å²) in [7, 11) is 0. The fourth-order valence-electron chi connectivity index (χ4n) is 4.81. The molecule has 0 atom stereocenters.